The SMILES string of the molecule is CS(=O)(=O)CCc1cn2cc(NC(=O)c3cccc(C(F)(F)F)n3)c(C(=O)O)cc2n1. The van der Waals surface area contributed by atoms with Crippen LogP contribution in [0.2, 0.25) is 0 Å². The van der Waals surface area contributed by atoms with Gasteiger partial charge in [0, 0.05) is 25.1 Å². The van der Waals surface area contributed by atoms with Crippen molar-refractivity contribution in [3.63, 3.8) is 0 Å². The number of carbonyl (C=O) groups is 2. The van der Waals surface area contributed by atoms with Crippen LogP contribution in [-0.4, -0.2) is 51.8 Å². The Balaban J connectivity index is 1.94. The zero-order valence-electron chi connectivity index (χ0n) is 15.8. The summed E-state index contributed by atoms with van der Waals surface area (Å²) in [6, 6.07) is 3.93. The summed E-state index contributed by atoms with van der Waals surface area (Å²) in [5.74, 6) is -2.60. The number of nitrogens with zero attached hydrogens (tertiary/aromatic N) is 3. The molecule has 0 fully saturated rings. The number of sulfone groups is 1. The van der Waals surface area contributed by atoms with E-state index in [1.54, 1.807) is 0 Å². The summed E-state index contributed by atoms with van der Waals surface area (Å²) in [5.41, 5.74) is -1.80. The number of nitrogens with one attached hydrogen (secondary N) is 1. The fraction of sp³-hybridized carbons (Fsp3) is 0.222. The highest BCUT2D eigenvalue weighted by molar-refractivity contribution is 7.90. The van der Waals surface area contributed by atoms with Gasteiger partial charge in [0.15, 0.2) is 0 Å². The Morgan fingerprint density at radius 3 is 2.52 bits per heavy atom. The summed E-state index contributed by atoms with van der Waals surface area (Å²) in [6.07, 6.45) is -0.897. The number of fused-ring (bicyclic) bond motifs is 1. The molecule has 0 bridgehead atoms. The van der Waals surface area contributed by atoms with Crippen LogP contribution in [0.4, 0.5) is 18.9 Å². The van der Waals surface area contributed by atoms with Crippen LogP contribution >= 0.6 is 0 Å². The van der Waals surface area contributed by atoms with Crippen LogP contribution < -0.4 is 5.32 Å². The number of carboxylic acids is 1. The van der Waals surface area contributed by atoms with E-state index in [0.717, 1.165) is 24.5 Å². The summed E-state index contributed by atoms with van der Waals surface area (Å²) in [5, 5.41) is 11.7. The van der Waals surface area contributed by atoms with E-state index in [4.69, 9.17) is 0 Å². The number of pyridine rings is 2. The fourth-order valence-electron chi connectivity index (χ4n) is 2.68. The first-order chi connectivity index (χ1) is 14.3. The Hall–Kier alpha value is -3.48. The minimum Gasteiger partial charge on any atom is -0.478 e. The van der Waals surface area contributed by atoms with Crippen LogP contribution in [0.15, 0.2) is 36.7 Å². The first-order valence-corrected chi connectivity index (χ1v) is 10.7. The van der Waals surface area contributed by atoms with E-state index >= 15 is 0 Å². The molecule has 0 radical (unpaired) electrons. The lowest BCUT2D eigenvalue weighted by molar-refractivity contribution is -0.141. The van der Waals surface area contributed by atoms with Gasteiger partial charge in [0.1, 0.15) is 26.9 Å². The minimum absolute atomic E-state index is 0.0960. The molecule has 0 aliphatic carbocycles. The second-order valence-electron chi connectivity index (χ2n) is 6.64. The summed E-state index contributed by atoms with van der Waals surface area (Å²) >= 11 is 0. The summed E-state index contributed by atoms with van der Waals surface area (Å²) in [6.45, 7) is 0. The van der Waals surface area contributed by atoms with E-state index in [-0.39, 0.29) is 29.1 Å². The smallest absolute Gasteiger partial charge is 0.433 e. The maximum atomic E-state index is 12.8. The molecule has 0 aromatic carbocycles. The molecule has 3 rings (SSSR count). The molecular formula is C18H15F3N4O5S. The molecule has 0 saturated heterocycles. The van der Waals surface area contributed by atoms with E-state index in [0.29, 0.717) is 11.8 Å². The van der Waals surface area contributed by atoms with Crippen molar-refractivity contribution in [1.82, 2.24) is 14.4 Å². The van der Waals surface area contributed by atoms with Crippen LogP contribution in [0.1, 0.15) is 32.2 Å². The number of hydrogen-bond donors (Lipinski definition) is 2. The van der Waals surface area contributed by atoms with Crippen molar-refractivity contribution in [2.45, 2.75) is 12.6 Å². The van der Waals surface area contributed by atoms with E-state index in [1.165, 1.54) is 16.8 Å². The van der Waals surface area contributed by atoms with Gasteiger partial charge in [-0.25, -0.2) is 23.2 Å². The Kier molecular flexibility index (Phi) is 5.72. The number of aromatic nitrogens is 3. The lowest BCUT2D eigenvalue weighted by atomic mass is 10.2. The standard InChI is InChI=1S/C18H15F3N4O5S/c1-31(29,30)6-5-10-8-25-9-13(11(17(27)28)7-15(25)22-10)24-16(26)12-3-2-4-14(23-12)18(19,20)21/h2-4,7-9H,5-6H2,1H3,(H,24,26)(H,27,28). The van der Waals surface area contributed by atoms with Crippen molar-refractivity contribution in [2.24, 2.45) is 0 Å². The van der Waals surface area contributed by atoms with Gasteiger partial charge >= 0.3 is 12.1 Å². The molecule has 2 N–H and O–H groups in total. The Morgan fingerprint density at radius 1 is 1.19 bits per heavy atom. The van der Waals surface area contributed by atoms with E-state index in [9.17, 15) is 36.3 Å². The number of amides is 1. The number of aromatic carboxylic acids is 1. The van der Waals surface area contributed by atoms with Crippen molar-refractivity contribution in [1.29, 1.82) is 0 Å². The summed E-state index contributed by atoms with van der Waals surface area (Å²) < 4.78 is 62.5. The molecule has 0 atom stereocenters. The van der Waals surface area contributed by atoms with E-state index in [2.05, 4.69) is 15.3 Å². The van der Waals surface area contributed by atoms with Gasteiger partial charge in [-0.3, -0.25) is 4.79 Å². The quantitative estimate of drug-likeness (QED) is 0.582. The number of rotatable bonds is 6. The highest BCUT2D eigenvalue weighted by atomic mass is 32.2. The van der Waals surface area contributed by atoms with Crippen molar-refractivity contribution >= 4 is 33.0 Å². The van der Waals surface area contributed by atoms with Gasteiger partial charge in [-0.05, 0) is 18.2 Å². The number of alkyl halides is 3. The first kappa shape index (κ1) is 22.2. The Labute approximate surface area is 173 Å². The van der Waals surface area contributed by atoms with Crippen molar-refractivity contribution in [2.75, 3.05) is 17.3 Å². The molecule has 164 valence electrons. The number of carbonyl (C=O) groups excluding carboxylic acids is 1. The Bertz CT molecular complexity index is 1290. The second kappa shape index (κ2) is 7.98. The molecule has 0 unspecified atom stereocenters. The number of imidazole rings is 1. The highest BCUT2D eigenvalue weighted by Gasteiger charge is 2.33. The second-order valence-corrected chi connectivity index (χ2v) is 8.90. The third kappa shape index (κ3) is 5.36. The van der Waals surface area contributed by atoms with Gasteiger partial charge in [0.05, 0.1) is 22.7 Å². The molecule has 0 aliphatic rings. The van der Waals surface area contributed by atoms with Crippen molar-refractivity contribution in [3.8, 4) is 0 Å². The lowest BCUT2D eigenvalue weighted by Gasteiger charge is -2.10. The topological polar surface area (TPSA) is 131 Å². The zero-order chi connectivity index (χ0) is 23.0. The lowest BCUT2D eigenvalue weighted by Crippen LogP contribution is -2.19. The predicted molar refractivity (Wildman–Crippen MR) is 103 cm³/mol. The molecular weight excluding hydrogens is 441 g/mol. The first-order valence-electron chi connectivity index (χ1n) is 8.62. The molecule has 3 aromatic heterocycles. The molecule has 0 aliphatic heterocycles. The maximum absolute atomic E-state index is 12.8. The molecule has 3 aromatic rings. The number of hydrogen-bond acceptors (Lipinski definition) is 6. The summed E-state index contributed by atoms with van der Waals surface area (Å²) in [7, 11) is -3.24. The average Bonchev–Trinajstić information content (AvgIpc) is 3.06. The van der Waals surface area contributed by atoms with Gasteiger partial charge < -0.3 is 14.8 Å². The third-order valence-electron chi connectivity index (χ3n) is 4.12. The fourth-order valence-corrected chi connectivity index (χ4v) is 3.26. The summed E-state index contributed by atoms with van der Waals surface area (Å²) in [4.78, 5) is 31.4. The monoisotopic (exact) mass is 456 g/mol. The van der Waals surface area contributed by atoms with Gasteiger partial charge in [-0.15, -0.1) is 0 Å². The van der Waals surface area contributed by atoms with E-state index < -0.39 is 39.3 Å². The van der Waals surface area contributed by atoms with Gasteiger partial charge in [-0.2, -0.15) is 13.2 Å². The number of halogens is 3. The van der Waals surface area contributed by atoms with Crippen molar-refractivity contribution < 1.29 is 36.3 Å². The average molecular weight is 456 g/mol. The molecule has 3 heterocycles. The molecule has 1 amide bonds. The molecule has 0 spiro atoms. The third-order valence-corrected chi connectivity index (χ3v) is 5.07. The number of aryl methyl sites for hydroxylation is 1. The van der Waals surface area contributed by atoms with Crippen LogP contribution in [-0.2, 0) is 22.4 Å². The molecule has 13 heteroatoms. The molecule has 0 saturated carbocycles. The van der Waals surface area contributed by atoms with Crippen molar-refractivity contribution in [3.05, 3.63) is 59.3 Å². The Morgan fingerprint density at radius 2 is 1.90 bits per heavy atom. The zero-order valence-corrected chi connectivity index (χ0v) is 16.7. The van der Waals surface area contributed by atoms with Gasteiger partial charge in [-0.1, -0.05) is 6.07 Å². The van der Waals surface area contributed by atoms with Crippen LogP contribution in [0.5, 0.6) is 0 Å². The normalized spacial score (nSPS) is 12.1. The van der Waals surface area contributed by atoms with Crippen LogP contribution in [0.3, 0.4) is 0 Å². The van der Waals surface area contributed by atoms with Gasteiger partial charge in [0.25, 0.3) is 5.91 Å². The molecule has 9 nitrogen and oxygen atoms in total. The highest BCUT2D eigenvalue weighted by Crippen LogP contribution is 2.27. The molecule has 31 heavy (non-hydrogen) atoms. The van der Waals surface area contributed by atoms with Crippen LogP contribution in [0.25, 0.3) is 5.65 Å². The van der Waals surface area contributed by atoms with Gasteiger partial charge in [0.2, 0.25) is 0 Å². The van der Waals surface area contributed by atoms with E-state index in [1.807, 2.05) is 0 Å². The minimum atomic E-state index is -4.75. The number of carboxylic acid groups (broad SMARTS) is 1. The largest absolute Gasteiger partial charge is 0.478 e. The number of anilines is 1. The maximum Gasteiger partial charge on any atom is 0.433 e. The van der Waals surface area contributed by atoms with Crippen LogP contribution in [0, 0.1) is 0 Å². The predicted octanol–water partition coefficient (Wildman–Crippen LogP) is 2.29.